The second-order valence-corrected chi connectivity index (χ2v) is 17.3. The number of furan rings is 2. The van der Waals surface area contributed by atoms with E-state index in [0.717, 1.165) is 83.3 Å². The number of phenolic OH excluding ortho intramolecular Hbond substituents is 2. The lowest BCUT2D eigenvalue weighted by molar-refractivity contribution is -0.130. The fourth-order valence-corrected chi connectivity index (χ4v) is 8.01. The van der Waals surface area contributed by atoms with Gasteiger partial charge in [-0.25, -0.2) is 4.79 Å². The van der Waals surface area contributed by atoms with Crippen molar-refractivity contribution in [2.75, 3.05) is 26.2 Å². The van der Waals surface area contributed by atoms with Crippen molar-refractivity contribution in [3.63, 3.8) is 0 Å². The third-order valence-electron chi connectivity index (χ3n) is 11.3. The van der Waals surface area contributed by atoms with Gasteiger partial charge in [0.1, 0.15) is 39.8 Å². The Hall–Kier alpha value is -7.30. The average Bonchev–Trinajstić information content (AvgIpc) is 3.85. The third-order valence-corrected chi connectivity index (χ3v) is 11.4. The zero-order chi connectivity index (χ0) is 45.3. The number of carbonyl (C=O) groups excluding carboxylic acids is 3. The average molecular weight is 875 g/mol. The molecule has 324 valence electrons. The van der Waals surface area contributed by atoms with Gasteiger partial charge in [0.25, 0.3) is 0 Å². The zero-order valence-corrected chi connectivity index (χ0v) is 36.5. The van der Waals surface area contributed by atoms with E-state index in [2.05, 4.69) is 49.6 Å². The molecule has 2 fully saturated rings. The summed E-state index contributed by atoms with van der Waals surface area (Å²) in [5.74, 6) is 2.63. The number of carbonyl (C=O) groups is 3. The van der Waals surface area contributed by atoms with Gasteiger partial charge in [0.2, 0.25) is 11.1 Å². The van der Waals surface area contributed by atoms with Crippen LogP contribution in [0.4, 0.5) is 4.79 Å². The molecule has 0 radical (unpaired) electrons. The number of likely N-dealkylation sites (tertiary alicyclic amines) is 2. The first kappa shape index (κ1) is 43.4. The van der Waals surface area contributed by atoms with Gasteiger partial charge in [0.05, 0.1) is 11.8 Å². The molecule has 2 aliphatic heterocycles. The molecule has 8 aromatic rings. The van der Waals surface area contributed by atoms with Crippen LogP contribution in [0.5, 0.6) is 11.5 Å². The maximum atomic E-state index is 12.2. The SMILES string of the molecule is C=CC(=O)Cl.C=CC(=O)N1CC(c2cc3ccc(-c4cc(O)cc5ccccc45)cc3o2)C1.CC(C)(C)OC(=O)N1CC(c2cc3ccc(-c4cc(O)cc5ccccc45)cc3o2)C1. The quantitative estimate of drug-likeness (QED) is 0.125. The summed E-state index contributed by atoms with van der Waals surface area (Å²) in [5.41, 5.74) is 5.05. The van der Waals surface area contributed by atoms with E-state index in [-0.39, 0.29) is 35.3 Å². The van der Waals surface area contributed by atoms with E-state index in [1.807, 2.05) is 81.4 Å². The largest absolute Gasteiger partial charge is 0.508 e. The number of aromatic hydroxyl groups is 2. The molecule has 0 bridgehead atoms. The lowest BCUT2D eigenvalue weighted by atomic mass is 9.96. The molecular formula is C53H47ClN2O8. The van der Waals surface area contributed by atoms with Crippen molar-refractivity contribution in [3.8, 4) is 33.8 Å². The molecule has 2 saturated heterocycles. The summed E-state index contributed by atoms with van der Waals surface area (Å²) in [4.78, 5) is 36.7. The van der Waals surface area contributed by atoms with Gasteiger partial charge in [0.15, 0.2) is 0 Å². The van der Waals surface area contributed by atoms with Crippen LogP contribution in [-0.4, -0.2) is 69.0 Å². The summed E-state index contributed by atoms with van der Waals surface area (Å²) in [7, 11) is 0. The van der Waals surface area contributed by atoms with Gasteiger partial charge in [-0.05, 0) is 137 Å². The van der Waals surface area contributed by atoms with Crippen molar-refractivity contribution < 1.29 is 38.2 Å². The summed E-state index contributed by atoms with van der Waals surface area (Å²) >= 11 is 4.71. The molecule has 6 aromatic carbocycles. The van der Waals surface area contributed by atoms with Crippen LogP contribution in [0.2, 0.25) is 0 Å². The molecule has 64 heavy (non-hydrogen) atoms. The molecule has 0 spiro atoms. The molecule has 0 atom stereocenters. The standard InChI is InChI=1S/C26H25NO4.C24H19NO3.C3H3ClO/c1-26(2,3)31-25(29)27-14-19(15-27)24-12-18-9-8-17(11-23(18)30-24)22-13-20(28)10-16-6-4-5-7-21(16)22;1-2-24(27)25-13-18(14-25)23-11-17-8-7-16(10-22(17)28-23)21-12-19(26)9-15-5-3-4-6-20(15)21;1-2-3(4)5/h4-13,19,28H,14-15H2,1-3H3;2-12,18,26H,1,13-14H2;2H,1H2. The molecule has 2 N–H and O–H groups in total. The highest BCUT2D eigenvalue weighted by atomic mass is 35.5. The van der Waals surface area contributed by atoms with Gasteiger partial charge in [-0.3, -0.25) is 9.59 Å². The molecule has 2 amide bonds. The first-order valence-corrected chi connectivity index (χ1v) is 21.3. The Morgan fingerprint density at radius 1 is 0.625 bits per heavy atom. The van der Waals surface area contributed by atoms with Gasteiger partial charge >= 0.3 is 6.09 Å². The second-order valence-electron chi connectivity index (χ2n) is 17.0. The first-order chi connectivity index (χ1) is 30.7. The van der Waals surface area contributed by atoms with Crippen LogP contribution in [-0.2, 0) is 14.3 Å². The lowest BCUT2D eigenvalue weighted by Gasteiger charge is -2.38. The summed E-state index contributed by atoms with van der Waals surface area (Å²) in [6, 6.07) is 39.5. The van der Waals surface area contributed by atoms with E-state index < -0.39 is 10.8 Å². The number of allylic oxidation sites excluding steroid dienone is 1. The smallest absolute Gasteiger partial charge is 0.410 e. The Bertz CT molecular complexity index is 3090. The number of phenols is 2. The minimum absolute atomic E-state index is 0.0367. The maximum absolute atomic E-state index is 12.2. The Labute approximate surface area is 375 Å². The number of hydrogen-bond donors (Lipinski definition) is 2. The Morgan fingerprint density at radius 3 is 1.48 bits per heavy atom. The predicted molar refractivity (Wildman–Crippen MR) is 253 cm³/mol. The van der Waals surface area contributed by atoms with Crippen molar-refractivity contribution in [1.29, 1.82) is 0 Å². The number of ether oxygens (including phenoxy) is 1. The highest BCUT2D eigenvalue weighted by Gasteiger charge is 2.36. The molecule has 11 heteroatoms. The molecule has 10 nitrogen and oxygen atoms in total. The van der Waals surface area contributed by atoms with Crippen LogP contribution in [0.1, 0.15) is 44.1 Å². The van der Waals surface area contributed by atoms with Gasteiger partial charge < -0.3 is 33.6 Å². The molecule has 10 rings (SSSR count). The number of fused-ring (bicyclic) bond motifs is 4. The van der Waals surface area contributed by atoms with Crippen molar-refractivity contribution in [1.82, 2.24) is 9.80 Å². The number of amides is 2. The van der Waals surface area contributed by atoms with Crippen molar-refractivity contribution in [2.45, 2.75) is 38.2 Å². The number of benzene rings is 6. The van der Waals surface area contributed by atoms with E-state index in [1.165, 1.54) is 6.08 Å². The van der Waals surface area contributed by atoms with Gasteiger partial charge in [-0.1, -0.05) is 86.0 Å². The third kappa shape index (κ3) is 9.38. The van der Waals surface area contributed by atoms with Gasteiger partial charge in [0, 0.05) is 37.0 Å². The first-order valence-electron chi connectivity index (χ1n) is 20.9. The molecule has 4 heterocycles. The number of rotatable bonds is 6. The topological polar surface area (TPSA) is 134 Å². The summed E-state index contributed by atoms with van der Waals surface area (Å²) in [6.45, 7) is 14.7. The van der Waals surface area contributed by atoms with Gasteiger partial charge in [-0.15, -0.1) is 0 Å². The normalized spacial score (nSPS) is 13.9. The Morgan fingerprint density at radius 2 is 1.06 bits per heavy atom. The fourth-order valence-electron chi connectivity index (χ4n) is 8.01. The Balaban J connectivity index is 0.000000159. The fraction of sp³-hybridized carbons (Fsp3) is 0.189. The van der Waals surface area contributed by atoms with Crippen molar-refractivity contribution in [3.05, 3.63) is 158 Å². The molecular weight excluding hydrogens is 828 g/mol. The summed E-state index contributed by atoms with van der Waals surface area (Å²) < 4.78 is 17.7. The summed E-state index contributed by atoms with van der Waals surface area (Å²) in [6.07, 6.45) is 2.11. The van der Waals surface area contributed by atoms with Crippen LogP contribution >= 0.6 is 11.6 Å². The van der Waals surface area contributed by atoms with E-state index in [4.69, 9.17) is 25.2 Å². The minimum atomic E-state index is -0.509. The molecule has 2 aromatic heterocycles. The minimum Gasteiger partial charge on any atom is -0.508 e. The molecule has 0 unspecified atom stereocenters. The highest BCUT2D eigenvalue weighted by molar-refractivity contribution is 6.66. The molecule has 2 aliphatic rings. The van der Waals surface area contributed by atoms with Crippen LogP contribution < -0.4 is 0 Å². The zero-order valence-electron chi connectivity index (χ0n) is 35.7. The van der Waals surface area contributed by atoms with Crippen molar-refractivity contribution >= 4 is 72.3 Å². The second kappa shape index (κ2) is 17.8. The van der Waals surface area contributed by atoms with Crippen LogP contribution in [0.25, 0.3) is 65.7 Å². The van der Waals surface area contributed by atoms with E-state index >= 15 is 0 Å². The number of hydrogen-bond acceptors (Lipinski definition) is 8. The Kier molecular flexibility index (Phi) is 12.1. The monoisotopic (exact) mass is 874 g/mol. The highest BCUT2D eigenvalue weighted by Crippen LogP contribution is 2.39. The predicted octanol–water partition coefficient (Wildman–Crippen LogP) is 12.3. The van der Waals surface area contributed by atoms with Gasteiger partial charge in [-0.2, -0.15) is 0 Å². The van der Waals surface area contributed by atoms with Crippen molar-refractivity contribution in [2.24, 2.45) is 0 Å². The molecule has 0 saturated carbocycles. The maximum Gasteiger partial charge on any atom is 0.410 e. The van der Waals surface area contributed by atoms with Crippen LogP contribution in [0, 0.1) is 0 Å². The van der Waals surface area contributed by atoms with E-state index in [9.17, 15) is 24.6 Å². The van der Waals surface area contributed by atoms with E-state index in [1.54, 1.807) is 34.1 Å². The number of nitrogens with zero attached hydrogens (tertiary/aromatic N) is 2. The van der Waals surface area contributed by atoms with Crippen LogP contribution in [0.3, 0.4) is 0 Å². The van der Waals surface area contributed by atoms with Crippen LogP contribution in [0.15, 0.2) is 155 Å². The summed E-state index contributed by atoms with van der Waals surface area (Å²) in [5, 5.41) is 26.0. The lowest BCUT2D eigenvalue weighted by Crippen LogP contribution is -2.50. The number of halogens is 1. The van der Waals surface area contributed by atoms with E-state index in [0.29, 0.717) is 26.2 Å². The molecule has 0 aliphatic carbocycles.